The summed E-state index contributed by atoms with van der Waals surface area (Å²) in [7, 11) is 0. The number of esters is 1. The van der Waals surface area contributed by atoms with E-state index in [1.807, 2.05) is 39.0 Å². The number of thioether (sulfide) groups is 1. The van der Waals surface area contributed by atoms with Crippen molar-refractivity contribution in [2.75, 3.05) is 26.3 Å². The molecule has 0 bridgehead atoms. The van der Waals surface area contributed by atoms with Crippen LogP contribution < -0.4 is 0 Å². The Morgan fingerprint density at radius 1 is 1.19 bits per heavy atom. The maximum atomic E-state index is 13.8. The molecule has 2 amide bonds. The molecular formula is C23H32N2O5S. The number of cyclic esters (lactones) is 1. The van der Waals surface area contributed by atoms with E-state index in [0.717, 1.165) is 12.8 Å². The predicted molar refractivity (Wildman–Crippen MR) is 118 cm³/mol. The lowest BCUT2D eigenvalue weighted by Gasteiger charge is -2.37. The molecule has 0 aromatic rings. The number of carbonyl (C=O) groups excluding carboxylic acids is 3. The summed E-state index contributed by atoms with van der Waals surface area (Å²) in [6.45, 7) is 6.97. The lowest BCUT2D eigenvalue weighted by atomic mass is 9.74. The number of nitrogens with zero attached hydrogens (tertiary/aromatic N) is 2. The van der Waals surface area contributed by atoms with Crippen LogP contribution in [-0.4, -0.2) is 80.6 Å². The first kappa shape index (κ1) is 22.4. The molecule has 170 valence electrons. The molecule has 0 aliphatic carbocycles. The molecule has 0 aromatic carbocycles. The van der Waals surface area contributed by atoms with E-state index in [1.54, 1.807) is 21.6 Å². The van der Waals surface area contributed by atoms with Gasteiger partial charge in [-0.3, -0.25) is 14.4 Å². The molecule has 0 aromatic heterocycles. The largest absolute Gasteiger partial charge is 0.465 e. The van der Waals surface area contributed by atoms with Crippen LogP contribution >= 0.6 is 11.8 Å². The summed E-state index contributed by atoms with van der Waals surface area (Å²) in [5.41, 5.74) is 0. The average molecular weight is 449 g/mol. The summed E-state index contributed by atoms with van der Waals surface area (Å²) in [6.07, 6.45) is 10.1. The van der Waals surface area contributed by atoms with Crippen molar-refractivity contribution in [3.8, 4) is 0 Å². The van der Waals surface area contributed by atoms with Gasteiger partial charge in [0.15, 0.2) is 0 Å². The number of amides is 2. The first-order valence-corrected chi connectivity index (χ1v) is 12.0. The second-order valence-corrected chi connectivity index (χ2v) is 11.1. The normalized spacial score (nSPS) is 38.7. The number of aliphatic hydroxyl groups excluding tert-OH is 1. The summed E-state index contributed by atoms with van der Waals surface area (Å²) in [4.78, 5) is 44.2. The second-order valence-electron chi connectivity index (χ2n) is 9.30. The number of likely N-dealkylation sites (tertiary alicyclic amines) is 1. The van der Waals surface area contributed by atoms with Gasteiger partial charge >= 0.3 is 5.97 Å². The van der Waals surface area contributed by atoms with Crippen LogP contribution in [0.1, 0.15) is 40.0 Å². The topological polar surface area (TPSA) is 87.2 Å². The standard InChI is InChI=1S/C23H32N2O5S/c1-15(2)24-11-7-10-23-16(19(27)25(12-8-13-26)18(23)20(24)28)17-21(29)30-14-6-4-5-9-22(17,3)31-23/h5,7,9-10,15-18,26H,4,6,8,11-14H2,1-3H3/b9-5-/t16-,17-,18?,22+,23-/m0/s1. The van der Waals surface area contributed by atoms with E-state index < -0.39 is 27.4 Å². The molecule has 4 heterocycles. The summed E-state index contributed by atoms with van der Waals surface area (Å²) in [5.74, 6) is -1.97. The summed E-state index contributed by atoms with van der Waals surface area (Å²) in [6, 6.07) is -0.707. The van der Waals surface area contributed by atoms with Gasteiger partial charge in [0.25, 0.3) is 0 Å². The number of fused-ring (bicyclic) bond motifs is 2. The van der Waals surface area contributed by atoms with Crippen LogP contribution in [0.4, 0.5) is 0 Å². The van der Waals surface area contributed by atoms with E-state index in [4.69, 9.17) is 4.74 Å². The van der Waals surface area contributed by atoms with Crippen LogP contribution in [-0.2, 0) is 19.1 Å². The fourth-order valence-corrected chi connectivity index (χ4v) is 7.75. The van der Waals surface area contributed by atoms with Gasteiger partial charge in [-0.25, -0.2) is 0 Å². The summed E-state index contributed by atoms with van der Waals surface area (Å²) >= 11 is 1.56. The van der Waals surface area contributed by atoms with E-state index in [9.17, 15) is 19.5 Å². The fraction of sp³-hybridized carbons (Fsp3) is 0.696. The van der Waals surface area contributed by atoms with E-state index >= 15 is 0 Å². The van der Waals surface area contributed by atoms with E-state index in [-0.39, 0.29) is 30.4 Å². The highest BCUT2D eigenvalue weighted by Crippen LogP contribution is 2.65. The third kappa shape index (κ3) is 3.42. The molecule has 1 N–H and O–H groups in total. The molecule has 1 unspecified atom stereocenters. The van der Waals surface area contributed by atoms with Crippen LogP contribution in [0.3, 0.4) is 0 Å². The molecule has 1 spiro atoms. The Morgan fingerprint density at radius 2 is 1.97 bits per heavy atom. The summed E-state index contributed by atoms with van der Waals surface area (Å²) < 4.78 is 4.11. The molecular weight excluding hydrogens is 416 g/mol. The fourth-order valence-electron chi connectivity index (χ4n) is 5.60. The van der Waals surface area contributed by atoms with Crippen molar-refractivity contribution in [1.82, 2.24) is 9.80 Å². The maximum Gasteiger partial charge on any atom is 0.311 e. The van der Waals surface area contributed by atoms with Crippen molar-refractivity contribution < 1.29 is 24.2 Å². The monoisotopic (exact) mass is 448 g/mol. The predicted octanol–water partition coefficient (Wildman–Crippen LogP) is 1.76. The van der Waals surface area contributed by atoms with Gasteiger partial charge in [-0.15, -0.1) is 11.8 Å². The highest BCUT2D eigenvalue weighted by Gasteiger charge is 2.73. The lowest BCUT2D eigenvalue weighted by molar-refractivity contribution is -0.154. The minimum atomic E-state index is -0.838. The van der Waals surface area contributed by atoms with E-state index in [2.05, 4.69) is 6.08 Å². The Balaban J connectivity index is 1.86. The minimum Gasteiger partial charge on any atom is -0.465 e. The molecule has 8 heteroatoms. The van der Waals surface area contributed by atoms with Gasteiger partial charge in [0.1, 0.15) is 6.04 Å². The van der Waals surface area contributed by atoms with E-state index in [0.29, 0.717) is 26.1 Å². The zero-order valence-corrected chi connectivity index (χ0v) is 19.3. The molecule has 4 rings (SSSR count). The van der Waals surface area contributed by atoms with Gasteiger partial charge in [0, 0.05) is 30.5 Å². The van der Waals surface area contributed by atoms with Gasteiger partial charge in [-0.2, -0.15) is 0 Å². The Labute approximate surface area is 187 Å². The summed E-state index contributed by atoms with van der Waals surface area (Å²) in [5, 5.41) is 9.41. The Kier molecular flexibility index (Phi) is 5.98. The van der Waals surface area contributed by atoms with Crippen LogP contribution in [0, 0.1) is 11.8 Å². The van der Waals surface area contributed by atoms with Crippen molar-refractivity contribution >= 4 is 29.5 Å². The molecule has 31 heavy (non-hydrogen) atoms. The quantitative estimate of drug-likeness (QED) is 0.521. The van der Waals surface area contributed by atoms with Crippen LogP contribution in [0.25, 0.3) is 0 Å². The Bertz CT molecular complexity index is 827. The van der Waals surface area contributed by atoms with Crippen LogP contribution in [0.5, 0.6) is 0 Å². The van der Waals surface area contributed by atoms with Gasteiger partial charge < -0.3 is 19.6 Å². The number of allylic oxidation sites excluding steroid dienone is 1. The molecule has 5 atom stereocenters. The molecule has 7 nitrogen and oxygen atoms in total. The van der Waals surface area contributed by atoms with Crippen molar-refractivity contribution in [1.29, 1.82) is 0 Å². The van der Waals surface area contributed by atoms with Crippen LogP contribution in [0.15, 0.2) is 24.3 Å². The third-order valence-electron chi connectivity index (χ3n) is 6.96. The highest BCUT2D eigenvalue weighted by atomic mass is 32.2. The lowest BCUT2D eigenvalue weighted by Crippen LogP contribution is -2.54. The molecule has 2 saturated heterocycles. The second kappa shape index (κ2) is 8.28. The van der Waals surface area contributed by atoms with Gasteiger partial charge in [-0.05, 0) is 40.0 Å². The number of hydrogen-bond acceptors (Lipinski definition) is 6. The Morgan fingerprint density at radius 3 is 2.68 bits per heavy atom. The number of hydrogen-bond donors (Lipinski definition) is 1. The zero-order chi connectivity index (χ0) is 22.4. The van der Waals surface area contributed by atoms with Gasteiger partial charge in [0.05, 0.1) is 23.2 Å². The zero-order valence-electron chi connectivity index (χ0n) is 18.5. The SMILES string of the molecule is CC(C)N1CC=C[C@]23S[C@]4(C)/C=C\CCCOC(=O)[C@@H]4[C@H]2C(=O)N(CCCO)C3C1=O. The smallest absolute Gasteiger partial charge is 0.311 e. The van der Waals surface area contributed by atoms with Crippen molar-refractivity contribution in [3.63, 3.8) is 0 Å². The Hall–Kier alpha value is -1.80. The molecule has 4 aliphatic heterocycles. The van der Waals surface area contributed by atoms with Crippen LogP contribution in [0.2, 0.25) is 0 Å². The highest BCUT2D eigenvalue weighted by molar-refractivity contribution is 8.02. The van der Waals surface area contributed by atoms with Gasteiger partial charge in [-0.1, -0.05) is 24.3 Å². The number of ether oxygens (including phenoxy) is 1. The first-order chi connectivity index (χ1) is 14.8. The molecule has 4 aliphatic rings. The average Bonchev–Trinajstić information content (AvgIpc) is 3.05. The first-order valence-electron chi connectivity index (χ1n) is 11.2. The number of rotatable bonds is 4. The molecule has 0 radical (unpaired) electrons. The number of aliphatic hydroxyl groups is 1. The number of carbonyl (C=O) groups is 3. The van der Waals surface area contributed by atoms with Gasteiger partial charge in [0.2, 0.25) is 11.8 Å². The maximum absolute atomic E-state index is 13.8. The molecule has 0 saturated carbocycles. The molecule has 2 fully saturated rings. The minimum absolute atomic E-state index is 0.00909. The van der Waals surface area contributed by atoms with Crippen molar-refractivity contribution in [2.45, 2.75) is 61.6 Å². The van der Waals surface area contributed by atoms with E-state index in [1.165, 1.54) is 0 Å². The third-order valence-corrected chi connectivity index (χ3v) is 8.76. The van der Waals surface area contributed by atoms with Crippen molar-refractivity contribution in [3.05, 3.63) is 24.3 Å². The van der Waals surface area contributed by atoms with Crippen molar-refractivity contribution in [2.24, 2.45) is 11.8 Å².